The molecule has 2 heterocycles. The van der Waals surface area contributed by atoms with Gasteiger partial charge in [0.05, 0.1) is 16.3 Å². The number of aryl methyl sites for hydroxylation is 1. The molecule has 0 aliphatic rings. The van der Waals surface area contributed by atoms with Crippen LogP contribution in [0.15, 0.2) is 52.5 Å². The predicted octanol–water partition coefficient (Wildman–Crippen LogP) is 3.33. The van der Waals surface area contributed by atoms with Crippen LogP contribution < -0.4 is 5.32 Å². The van der Waals surface area contributed by atoms with Crippen LogP contribution in [-0.2, 0) is 26.9 Å². The van der Waals surface area contributed by atoms with Gasteiger partial charge in [-0.05, 0) is 30.9 Å². The second-order valence-corrected chi connectivity index (χ2v) is 9.54. The molecule has 3 rings (SSSR count). The fourth-order valence-electron chi connectivity index (χ4n) is 2.42. The third-order valence-electron chi connectivity index (χ3n) is 4.13. The summed E-state index contributed by atoms with van der Waals surface area (Å²) in [5.41, 5.74) is 2.32. The van der Waals surface area contributed by atoms with Crippen molar-refractivity contribution >= 4 is 27.1 Å². The van der Waals surface area contributed by atoms with Crippen molar-refractivity contribution in [1.29, 1.82) is 0 Å². The van der Waals surface area contributed by atoms with Crippen molar-refractivity contribution in [3.63, 3.8) is 0 Å². The summed E-state index contributed by atoms with van der Waals surface area (Å²) in [5, 5.41) is 3.39. The van der Waals surface area contributed by atoms with Gasteiger partial charge in [0.1, 0.15) is 11.5 Å². The van der Waals surface area contributed by atoms with E-state index in [-0.39, 0.29) is 18.0 Å². The molecule has 1 aromatic carbocycles. The number of nitrogens with one attached hydrogen (secondary N) is 1. The van der Waals surface area contributed by atoms with Gasteiger partial charge in [-0.2, -0.15) is 0 Å². The Morgan fingerprint density at radius 2 is 2.00 bits per heavy atom. The zero-order valence-electron chi connectivity index (χ0n) is 15.0. The smallest absolute Gasteiger partial charge is 0.238 e. The Kier molecular flexibility index (Phi) is 5.76. The Morgan fingerprint density at radius 1 is 1.26 bits per heavy atom. The van der Waals surface area contributed by atoms with Crippen LogP contribution in [0.25, 0.3) is 10.8 Å². The minimum absolute atomic E-state index is 0.283. The number of amides is 1. The molecule has 1 atom stereocenters. The molecule has 8 heteroatoms. The summed E-state index contributed by atoms with van der Waals surface area (Å²) >= 11 is 1.45. The van der Waals surface area contributed by atoms with Gasteiger partial charge in [0.2, 0.25) is 11.8 Å². The summed E-state index contributed by atoms with van der Waals surface area (Å²) in [6.45, 7) is 3.65. The molecule has 0 bridgehead atoms. The topological polar surface area (TPSA) is 89.3 Å². The molecule has 142 valence electrons. The summed E-state index contributed by atoms with van der Waals surface area (Å²) in [5.74, 6) is -0.495. The SMILES string of the molecule is Cc1ccc(CNC(=O)C(C)S(=O)(=O)Cc2coc(-c3cccs3)n2)cc1. The molecule has 2 aromatic heterocycles. The summed E-state index contributed by atoms with van der Waals surface area (Å²) in [7, 11) is -3.71. The van der Waals surface area contributed by atoms with Crippen LogP contribution in [-0.4, -0.2) is 24.6 Å². The molecule has 27 heavy (non-hydrogen) atoms. The van der Waals surface area contributed by atoms with Crippen molar-refractivity contribution in [2.75, 3.05) is 0 Å². The number of thiophene rings is 1. The number of nitrogens with zero attached hydrogens (tertiary/aromatic N) is 1. The maximum absolute atomic E-state index is 12.6. The monoisotopic (exact) mass is 404 g/mol. The van der Waals surface area contributed by atoms with Crippen LogP contribution >= 0.6 is 11.3 Å². The number of sulfone groups is 1. The number of oxazole rings is 1. The highest BCUT2D eigenvalue weighted by molar-refractivity contribution is 7.92. The Bertz CT molecular complexity index is 1010. The van der Waals surface area contributed by atoms with E-state index in [1.165, 1.54) is 24.5 Å². The molecule has 1 amide bonds. The Balaban J connectivity index is 1.61. The second-order valence-electron chi connectivity index (χ2n) is 6.27. The van der Waals surface area contributed by atoms with E-state index >= 15 is 0 Å². The molecule has 0 saturated carbocycles. The van der Waals surface area contributed by atoms with Crippen LogP contribution in [0.3, 0.4) is 0 Å². The number of hydrogen-bond acceptors (Lipinski definition) is 6. The normalized spacial score (nSPS) is 12.7. The maximum Gasteiger partial charge on any atom is 0.238 e. The minimum Gasteiger partial charge on any atom is -0.444 e. The molecular formula is C19H20N2O4S2. The van der Waals surface area contributed by atoms with Gasteiger partial charge in [-0.1, -0.05) is 35.9 Å². The quantitative estimate of drug-likeness (QED) is 0.652. The highest BCUT2D eigenvalue weighted by Crippen LogP contribution is 2.24. The van der Waals surface area contributed by atoms with Crippen molar-refractivity contribution in [3.05, 3.63) is 64.9 Å². The first kappa shape index (κ1) is 19.3. The minimum atomic E-state index is -3.71. The lowest BCUT2D eigenvalue weighted by Gasteiger charge is -2.12. The molecule has 6 nitrogen and oxygen atoms in total. The summed E-state index contributed by atoms with van der Waals surface area (Å²) in [6, 6.07) is 11.4. The van der Waals surface area contributed by atoms with E-state index in [4.69, 9.17) is 4.42 Å². The van der Waals surface area contributed by atoms with Crippen LogP contribution in [0.1, 0.15) is 23.7 Å². The molecule has 0 radical (unpaired) electrons. The van der Waals surface area contributed by atoms with Gasteiger partial charge in [-0.15, -0.1) is 11.3 Å². The van der Waals surface area contributed by atoms with Gasteiger partial charge < -0.3 is 9.73 Å². The van der Waals surface area contributed by atoms with Gasteiger partial charge in [0.25, 0.3) is 0 Å². The highest BCUT2D eigenvalue weighted by Gasteiger charge is 2.29. The van der Waals surface area contributed by atoms with E-state index in [0.717, 1.165) is 16.0 Å². The van der Waals surface area contributed by atoms with Gasteiger partial charge >= 0.3 is 0 Å². The third-order valence-corrected chi connectivity index (χ3v) is 6.98. The average Bonchev–Trinajstić information content (AvgIpc) is 3.31. The number of hydrogen-bond donors (Lipinski definition) is 1. The van der Waals surface area contributed by atoms with Crippen molar-refractivity contribution in [2.45, 2.75) is 31.4 Å². The van der Waals surface area contributed by atoms with E-state index in [9.17, 15) is 13.2 Å². The van der Waals surface area contributed by atoms with E-state index in [1.54, 1.807) is 0 Å². The lowest BCUT2D eigenvalue weighted by molar-refractivity contribution is -0.120. The van der Waals surface area contributed by atoms with Crippen LogP contribution in [0.5, 0.6) is 0 Å². The van der Waals surface area contributed by atoms with Crippen molar-refractivity contribution < 1.29 is 17.6 Å². The summed E-state index contributed by atoms with van der Waals surface area (Å²) in [6.07, 6.45) is 1.32. The van der Waals surface area contributed by atoms with Gasteiger partial charge in [0, 0.05) is 6.54 Å². The summed E-state index contributed by atoms with van der Waals surface area (Å²) < 4.78 is 30.5. The molecular weight excluding hydrogens is 384 g/mol. The Morgan fingerprint density at radius 3 is 2.67 bits per heavy atom. The molecule has 3 aromatic rings. The zero-order valence-corrected chi connectivity index (χ0v) is 16.6. The number of aromatic nitrogens is 1. The number of rotatable bonds is 7. The number of benzene rings is 1. The summed E-state index contributed by atoms with van der Waals surface area (Å²) in [4.78, 5) is 17.3. The Labute approximate surface area is 162 Å². The lowest BCUT2D eigenvalue weighted by Crippen LogP contribution is -2.38. The van der Waals surface area contributed by atoms with Crippen molar-refractivity contribution in [2.24, 2.45) is 0 Å². The average molecular weight is 405 g/mol. The predicted molar refractivity (Wildman–Crippen MR) is 105 cm³/mol. The fourth-order valence-corrected chi connectivity index (χ4v) is 4.28. The standard InChI is InChI=1S/C19H20N2O4S2/c1-13-5-7-15(8-6-13)10-20-18(22)14(2)27(23,24)12-16-11-25-19(21-16)17-4-3-9-26-17/h3-9,11,14H,10,12H2,1-2H3,(H,20,22). The Hall–Kier alpha value is -2.45. The van der Waals surface area contributed by atoms with Gasteiger partial charge in [-0.3, -0.25) is 4.79 Å². The van der Waals surface area contributed by atoms with Gasteiger partial charge in [0.15, 0.2) is 9.84 Å². The van der Waals surface area contributed by atoms with Crippen molar-refractivity contribution in [3.8, 4) is 10.8 Å². The molecule has 0 saturated heterocycles. The number of carbonyl (C=O) groups excluding carboxylic acids is 1. The maximum atomic E-state index is 12.6. The van der Waals surface area contributed by atoms with E-state index in [2.05, 4.69) is 10.3 Å². The van der Waals surface area contributed by atoms with E-state index in [1.807, 2.05) is 48.7 Å². The first-order valence-electron chi connectivity index (χ1n) is 8.38. The third kappa shape index (κ3) is 4.84. The van der Waals surface area contributed by atoms with E-state index in [0.29, 0.717) is 5.89 Å². The molecule has 0 spiro atoms. The highest BCUT2D eigenvalue weighted by atomic mass is 32.2. The molecule has 1 N–H and O–H groups in total. The van der Waals surface area contributed by atoms with Crippen LogP contribution in [0.2, 0.25) is 0 Å². The first-order chi connectivity index (χ1) is 12.8. The van der Waals surface area contributed by atoms with Crippen molar-refractivity contribution in [1.82, 2.24) is 10.3 Å². The zero-order chi connectivity index (χ0) is 19.4. The molecule has 0 fully saturated rings. The largest absolute Gasteiger partial charge is 0.444 e. The second kappa shape index (κ2) is 8.06. The van der Waals surface area contributed by atoms with Gasteiger partial charge in [-0.25, -0.2) is 13.4 Å². The van der Waals surface area contributed by atoms with Crippen LogP contribution in [0.4, 0.5) is 0 Å². The fraction of sp³-hybridized carbons (Fsp3) is 0.263. The first-order valence-corrected chi connectivity index (χ1v) is 11.0. The molecule has 1 unspecified atom stereocenters. The van der Waals surface area contributed by atoms with Crippen LogP contribution in [0, 0.1) is 6.92 Å². The molecule has 0 aliphatic heterocycles. The lowest BCUT2D eigenvalue weighted by atomic mass is 10.1. The molecule has 0 aliphatic carbocycles. The number of carbonyl (C=O) groups is 1. The van der Waals surface area contributed by atoms with E-state index < -0.39 is 21.0 Å².